The molecule has 0 bridgehead atoms. The second-order valence-electron chi connectivity index (χ2n) is 11.6. The predicted molar refractivity (Wildman–Crippen MR) is 188 cm³/mol. The van der Waals surface area contributed by atoms with Crippen LogP contribution >= 0.6 is 0 Å². The molecule has 0 saturated heterocycles. The lowest BCUT2D eigenvalue weighted by molar-refractivity contribution is 0.0509. The normalized spacial score (nSPS) is 10.8. The van der Waals surface area contributed by atoms with Crippen molar-refractivity contribution in [2.75, 3.05) is 13.2 Å². The van der Waals surface area contributed by atoms with Crippen molar-refractivity contribution >= 4 is 23.5 Å². The maximum absolute atomic E-state index is 13.7. The van der Waals surface area contributed by atoms with Crippen molar-refractivity contribution in [3.63, 3.8) is 0 Å². The summed E-state index contributed by atoms with van der Waals surface area (Å²) in [5, 5.41) is 8.75. The molecule has 0 atom stereocenters. The molecule has 0 saturated carbocycles. The van der Waals surface area contributed by atoms with E-state index in [2.05, 4.69) is 10.2 Å². The second-order valence-corrected chi connectivity index (χ2v) is 11.6. The molecule has 11 nitrogen and oxygen atoms in total. The van der Waals surface area contributed by atoms with Gasteiger partial charge in [-0.2, -0.15) is 10.2 Å². The molecule has 4 aromatic carbocycles. The van der Waals surface area contributed by atoms with E-state index >= 15 is 0 Å². The van der Waals surface area contributed by atoms with Crippen molar-refractivity contribution in [1.82, 2.24) is 19.6 Å². The van der Waals surface area contributed by atoms with Gasteiger partial charge in [-0.15, -0.1) is 0 Å². The van der Waals surface area contributed by atoms with Gasteiger partial charge in [-0.1, -0.05) is 35.4 Å². The summed E-state index contributed by atoms with van der Waals surface area (Å²) in [6.45, 7) is 7.66. The third kappa shape index (κ3) is 7.52. The van der Waals surface area contributed by atoms with Crippen LogP contribution < -0.4 is 4.74 Å². The van der Waals surface area contributed by atoms with Crippen LogP contribution in [0.3, 0.4) is 0 Å². The number of benzene rings is 4. The van der Waals surface area contributed by atoms with Crippen LogP contribution in [0.25, 0.3) is 11.4 Å². The fraction of sp³-hybridized carbons (Fsp3) is 0.150. The quantitative estimate of drug-likeness (QED) is 0.0965. The van der Waals surface area contributed by atoms with Crippen molar-refractivity contribution in [1.29, 1.82) is 0 Å². The summed E-state index contributed by atoms with van der Waals surface area (Å²) < 4.78 is 19.1. The van der Waals surface area contributed by atoms with Crippen molar-refractivity contribution in [3.05, 3.63) is 154 Å². The third-order valence-electron chi connectivity index (χ3n) is 7.88. The minimum Gasteiger partial charge on any atom is -0.461 e. The molecule has 6 rings (SSSR count). The largest absolute Gasteiger partial charge is 0.461 e. The first-order chi connectivity index (χ1) is 24.6. The molecule has 0 unspecified atom stereocenters. The Balaban J connectivity index is 1.20. The Morgan fingerprint density at radius 1 is 0.529 bits per heavy atom. The van der Waals surface area contributed by atoms with Gasteiger partial charge in [0.25, 0.3) is 0 Å². The molecule has 11 heteroatoms. The first-order valence-electron chi connectivity index (χ1n) is 16.3. The number of ether oxygens (including phenoxy) is 3. The van der Waals surface area contributed by atoms with Crippen LogP contribution in [0.15, 0.2) is 109 Å². The van der Waals surface area contributed by atoms with Crippen molar-refractivity contribution in [2.24, 2.45) is 0 Å². The van der Waals surface area contributed by atoms with Crippen molar-refractivity contribution in [2.45, 2.75) is 27.7 Å². The topological polar surface area (TPSA) is 132 Å². The Bertz CT molecular complexity index is 2060. The summed E-state index contributed by atoms with van der Waals surface area (Å²) in [4.78, 5) is 52.3. The maximum atomic E-state index is 13.7. The van der Waals surface area contributed by atoms with E-state index < -0.39 is 11.9 Å². The standard InChI is InChI=1S/C40H34N4O7/c1-5-49-39(47)33-23-35(43(41-33)29-15-7-25(3)8-16-29)37(45)27-11-19-31(20-12-27)51-32-21-13-28(14-22-32)38(46)36-24-34(40(48)50-6-2)42-44(36)30-17-9-26(4)10-18-30/h7-24H,5-6H2,1-4H3. The summed E-state index contributed by atoms with van der Waals surface area (Å²) >= 11 is 0. The van der Waals surface area contributed by atoms with Gasteiger partial charge in [0, 0.05) is 23.3 Å². The second kappa shape index (κ2) is 14.9. The number of ketones is 2. The summed E-state index contributed by atoms with van der Waals surface area (Å²) in [6, 6.07) is 30.8. The first kappa shape index (κ1) is 34.3. The molecule has 0 N–H and O–H groups in total. The van der Waals surface area contributed by atoms with Gasteiger partial charge in [-0.3, -0.25) is 9.59 Å². The first-order valence-corrected chi connectivity index (χ1v) is 16.3. The highest BCUT2D eigenvalue weighted by Gasteiger charge is 2.24. The van der Waals surface area contributed by atoms with Crippen molar-refractivity contribution < 1.29 is 33.4 Å². The molecule has 0 radical (unpaired) electrons. The van der Waals surface area contributed by atoms with Crippen LogP contribution in [0.5, 0.6) is 11.5 Å². The highest BCUT2D eigenvalue weighted by molar-refractivity contribution is 6.10. The van der Waals surface area contributed by atoms with Crippen LogP contribution in [-0.4, -0.2) is 56.3 Å². The molecular weight excluding hydrogens is 648 g/mol. The van der Waals surface area contributed by atoms with E-state index in [-0.39, 0.29) is 47.6 Å². The molecule has 256 valence electrons. The predicted octanol–water partition coefficient (Wildman–Crippen LogP) is 7.28. The lowest BCUT2D eigenvalue weighted by Crippen LogP contribution is -2.10. The van der Waals surface area contributed by atoms with Crippen molar-refractivity contribution in [3.8, 4) is 22.9 Å². The van der Waals surface area contributed by atoms with E-state index in [1.165, 1.54) is 21.5 Å². The summed E-state index contributed by atoms with van der Waals surface area (Å²) in [5.74, 6) is -1.00. The van der Waals surface area contributed by atoms with E-state index in [0.717, 1.165) is 11.1 Å². The Morgan fingerprint density at radius 3 is 1.22 bits per heavy atom. The summed E-state index contributed by atoms with van der Waals surface area (Å²) in [5.41, 5.74) is 4.51. The smallest absolute Gasteiger partial charge is 0.358 e. The highest BCUT2D eigenvalue weighted by atomic mass is 16.5. The molecule has 0 aliphatic rings. The van der Waals surface area contributed by atoms with Crippen LogP contribution in [-0.2, 0) is 9.47 Å². The molecule has 0 fully saturated rings. The van der Waals surface area contributed by atoms with Crippen LogP contribution in [0.2, 0.25) is 0 Å². The number of aromatic nitrogens is 4. The lowest BCUT2D eigenvalue weighted by Gasteiger charge is -2.10. The number of esters is 2. The number of carbonyl (C=O) groups excluding carboxylic acids is 4. The number of hydrogen-bond donors (Lipinski definition) is 0. The molecule has 0 aliphatic carbocycles. The monoisotopic (exact) mass is 682 g/mol. The third-order valence-corrected chi connectivity index (χ3v) is 7.88. The maximum Gasteiger partial charge on any atom is 0.358 e. The molecule has 2 aromatic heterocycles. The molecule has 0 aliphatic heterocycles. The van der Waals surface area contributed by atoms with Gasteiger partial charge in [0.15, 0.2) is 11.4 Å². The lowest BCUT2D eigenvalue weighted by atomic mass is 10.1. The molecular formula is C40H34N4O7. The molecule has 0 spiro atoms. The molecule has 2 heterocycles. The zero-order chi connectivity index (χ0) is 36.1. The van der Waals surface area contributed by atoms with Gasteiger partial charge in [0.1, 0.15) is 22.9 Å². The Hall–Kier alpha value is -6.62. The molecule has 6 aromatic rings. The van der Waals surface area contributed by atoms with E-state index in [0.29, 0.717) is 34.0 Å². The summed E-state index contributed by atoms with van der Waals surface area (Å²) in [6.07, 6.45) is 0. The average Bonchev–Trinajstić information content (AvgIpc) is 3.79. The fourth-order valence-corrected chi connectivity index (χ4v) is 5.24. The minimum absolute atomic E-state index is 0.0294. The number of hydrogen-bond acceptors (Lipinski definition) is 9. The zero-order valence-electron chi connectivity index (χ0n) is 28.5. The van der Waals surface area contributed by atoms with Gasteiger partial charge < -0.3 is 14.2 Å². The Kier molecular flexibility index (Phi) is 9.99. The minimum atomic E-state index is -0.618. The van der Waals surface area contributed by atoms with Gasteiger partial charge in [0.2, 0.25) is 11.6 Å². The van der Waals surface area contributed by atoms with Crippen LogP contribution in [0.1, 0.15) is 78.1 Å². The Morgan fingerprint density at radius 2 is 0.882 bits per heavy atom. The summed E-state index contributed by atoms with van der Waals surface area (Å²) in [7, 11) is 0. The number of aryl methyl sites for hydroxylation is 2. The van der Waals surface area contributed by atoms with Crippen LogP contribution in [0.4, 0.5) is 0 Å². The van der Waals surface area contributed by atoms with E-state index in [9.17, 15) is 19.2 Å². The van der Waals surface area contributed by atoms with Crippen LogP contribution in [0, 0.1) is 13.8 Å². The SMILES string of the molecule is CCOC(=O)c1cc(C(=O)c2ccc(Oc3ccc(C(=O)c4cc(C(=O)OCC)nn4-c4ccc(C)cc4)cc3)cc2)n(-c2ccc(C)cc2)n1. The van der Waals surface area contributed by atoms with Gasteiger partial charge in [-0.05, 0) is 100 Å². The number of rotatable bonds is 12. The zero-order valence-corrected chi connectivity index (χ0v) is 28.5. The number of carbonyl (C=O) groups is 4. The molecule has 0 amide bonds. The van der Waals surface area contributed by atoms with E-state index in [4.69, 9.17) is 14.2 Å². The molecule has 51 heavy (non-hydrogen) atoms. The van der Waals surface area contributed by atoms with E-state index in [1.54, 1.807) is 62.4 Å². The highest BCUT2D eigenvalue weighted by Crippen LogP contribution is 2.26. The average molecular weight is 683 g/mol. The number of nitrogens with zero attached hydrogens (tertiary/aromatic N) is 4. The van der Waals surface area contributed by atoms with Gasteiger partial charge >= 0.3 is 11.9 Å². The fourth-order valence-electron chi connectivity index (χ4n) is 5.24. The Labute approximate surface area is 294 Å². The van der Waals surface area contributed by atoms with E-state index in [1.807, 2.05) is 62.4 Å². The van der Waals surface area contributed by atoms with Gasteiger partial charge in [-0.25, -0.2) is 19.0 Å². The van der Waals surface area contributed by atoms with Gasteiger partial charge in [0.05, 0.1) is 24.6 Å².